The lowest BCUT2D eigenvalue weighted by Gasteiger charge is -2.22. The summed E-state index contributed by atoms with van der Waals surface area (Å²) in [7, 11) is 0. The largest absolute Gasteiger partial charge is 0.395 e. The number of likely N-dealkylation sites (tertiary alicyclic amines) is 1. The first-order valence-electron chi connectivity index (χ1n) is 8.99. The molecule has 0 saturated carbocycles. The Morgan fingerprint density at radius 2 is 1.96 bits per heavy atom. The van der Waals surface area contributed by atoms with Crippen molar-refractivity contribution in [3.63, 3.8) is 0 Å². The Morgan fingerprint density at radius 3 is 2.62 bits per heavy atom. The summed E-state index contributed by atoms with van der Waals surface area (Å²) >= 11 is 0. The molecule has 3 N–H and O–H groups in total. The number of nitrogens with one attached hydrogen (secondary N) is 2. The Labute approximate surface area is 145 Å². The zero-order valence-electron chi connectivity index (χ0n) is 15.2. The molecule has 1 aromatic rings. The number of hydrogen-bond acceptors (Lipinski definition) is 3. The predicted molar refractivity (Wildman–Crippen MR) is 98.6 cm³/mol. The highest BCUT2D eigenvalue weighted by molar-refractivity contribution is 5.91. The van der Waals surface area contributed by atoms with Crippen LogP contribution in [0.15, 0.2) is 12.1 Å². The van der Waals surface area contributed by atoms with Crippen LogP contribution in [0.1, 0.15) is 42.4 Å². The van der Waals surface area contributed by atoms with Gasteiger partial charge >= 0.3 is 6.03 Å². The first-order chi connectivity index (χ1) is 11.5. The van der Waals surface area contributed by atoms with Crippen molar-refractivity contribution in [2.45, 2.75) is 52.5 Å². The number of aliphatic hydroxyl groups excluding tert-OH is 1. The van der Waals surface area contributed by atoms with Gasteiger partial charge in [-0.25, -0.2) is 4.79 Å². The van der Waals surface area contributed by atoms with Gasteiger partial charge in [-0.05, 0) is 70.7 Å². The maximum atomic E-state index is 12.1. The van der Waals surface area contributed by atoms with Crippen molar-refractivity contribution < 1.29 is 9.90 Å². The van der Waals surface area contributed by atoms with E-state index in [0.29, 0.717) is 12.6 Å². The molecule has 0 radical (unpaired) electrons. The van der Waals surface area contributed by atoms with Crippen molar-refractivity contribution in [1.82, 2.24) is 10.2 Å². The fourth-order valence-corrected chi connectivity index (χ4v) is 3.57. The summed E-state index contributed by atoms with van der Waals surface area (Å²) in [5.74, 6) is 0. The van der Waals surface area contributed by atoms with E-state index in [0.717, 1.165) is 49.2 Å². The number of amides is 2. The summed E-state index contributed by atoms with van der Waals surface area (Å²) in [6.07, 6.45) is 4.28. The fraction of sp³-hybridized carbons (Fsp3) is 0.632. The molecule has 134 valence electrons. The van der Waals surface area contributed by atoms with Gasteiger partial charge < -0.3 is 15.7 Å². The van der Waals surface area contributed by atoms with Crippen LogP contribution >= 0.6 is 0 Å². The summed E-state index contributed by atoms with van der Waals surface area (Å²) in [6, 6.07) is 4.36. The van der Waals surface area contributed by atoms with E-state index in [2.05, 4.69) is 34.6 Å². The summed E-state index contributed by atoms with van der Waals surface area (Å²) in [5, 5.41) is 15.2. The zero-order valence-corrected chi connectivity index (χ0v) is 15.2. The van der Waals surface area contributed by atoms with Crippen LogP contribution in [0, 0.1) is 20.8 Å². The van der Waals surface area contributed by atoms with E-state index in [4.69, 9.17) is 0 Å². The fourth-order valence-electron chi connectivity index (χ4n) is 3.57. The molecule has 0 spiro atoms. The van der Waals surface area contributed by atoms with Gasteiger partial charge in [0, 0.05) is 18.3 Å². The number of benzene rings is 1. The quantitative estimate of drug-likeness (QED) is 0.672. The van der Waals surface area contributed by atoms with Gasteiger partial charge in [-0.2, -0.15) is 0 Å². The van der Waals surface area contributed by atoms with Crippen LogP contribution < -0.4 is 10.6 Å². The van der Waals surface area contributed by atoms with Gasteiger partial charge in [-0.1, -0.05) is 17.7 Å². The van der Waals surface area contributed by atoms with Crippen LogP contribution in [0.4, 0.5) is 10.5 Å². The third-order valence-corrected chi connectivity index (χ3v) is 4.78. The molecule has 1 aliphatic heterocycles. The average molecular weight is 333 g/mol. The summed E-state index contributed by atoms with van der Waals surface area (Å²) in [6.45, 7) is 9.12. The lowest BCUT2D eigenvalue weighted by Crippen LogP contribution is -2.34. The topological polar surface area (TPSA) is 64.6 Å². The lowest BCUT2D eigenvalue weighted by molar-refractivity contribution is 0.157. The van der Waals surface area contributed by atoms with Gasteiger partial charge in [0.1, 0.15) is 0 Å². The van der Waals surface area contributed by atoms with Crippen LogP contribution in [0.5, 0.6) is 0 Å². The molecule has 0 bridgehead atoms. The Morgan fingerprint density at radius 1 is 1.25 bits per heavy atom. The number of unbranched alkanes of at least 4 members (excludes halogenated alkanes) is 1. The number of carbonyl (C=O) groups excluding carboxylic acids is 1. The first kappa shape index (κ1) is 18.7. The third-order valence-electron chi connectivity index (χ3n) is 4.78. The summed E-state index contributed by atoms with van der Waals surface area (Å²) < 4.78 is 0. The molecule has 2 rings (SSSR count). The number of carbonyl (C=O) groups is 1. The molecule has 1 aromatic carbocycles. The van der Waals surface area contributed by atoms with E-state index >= 15 is 0 Å². The van der Waals surface area contributed by atoms with E-state index in [9.17, 15) is 9.90 Å². The highest BCUT2D eigenvalue weighted by atomic mass is 16.3. The number of rotatable bonds is 7. The van der Waals surface area contributed by atoms with E-state index in [1.54, 1.807) is 0 Å². The highest BCUT2D eigenvalue weighted by Crippen LogP contribution is 2.21. The first-order valence-corrected chi connectivity index (χ1v) is 8.99. The number of hydrogen-bond donors (Lipinski definition) is 3. The number of anilines is 1. The molecule has 0 aliphatic carbocycles. The molecule has 0 aromatic heterocycles. The third kappa shape index (κ3) is 5.21. The average Bonchev–Trinajstić information content (AvgIpc) is 2.98. The smallest absolute Gasteiger partial charge is 0.319 e. The minimum Gasteiger partial charge on any atom is -0.395 e. The van der Waals surface area contributed by atoms with Crippen LogP contribution in [-0.4, -0.2) is 48.3 Å². The molecule has 1 atom stereocenters. The number of aliphatic hydroxyl groups is 1. The van der Waals surface area contributed by atoms with Crippen molar-refractivity contribution in [2.24, 2.45) is 0 Å². The minimum atomic E-state index is -0.139. The minimum absolute atomic E-state index is 0.139. The van der Waals surface area contributed by atoms with Crippen LogP contribution in [0.2, 0.25) is 0 Å². The van der Waals surface area contributed by atoms with Gasteiger partial charge in [0.05, 0.1) is 6.61 Å². The maximum Gasteiger partial charge on any atom is 0.319 e. The van der Waals surface area contributed by atoms with Crippen LogP contribution in [0.3, 0.4) is 0 Å². The Hall–Kier alpha value is -1.59. The molecule has 5 nitrogen and oxygen atoms in total. The van der Waals surface area contributed by atoms with E-state index < -0.39 is 0 Å². The molecule has 2 amide bonds. The van der Waals surface area contributed by atoms with Gasteiger partial charge in [0.15, 0.2) is 0 Å². The zero-order chi connectivity index (χ0) is 17.5. The van der Waals surface area contributed by atoms with Gasteiger partial charge in [-0.3, -0.25) is 4.90 Å². The predicted octanol–water partition coefficient (Wildman–Crippen LogP) is 2.97. The van der Waals surface area contributed by atoms with E-state index in [1.807, 2.05) is 13.8 Å². The Bertz CT molecular complexity index is 537. The van der Waals surface area contributed by atoms with Crippen molar-refractivity contribution in [2.75, 3.05) is 31.6 Å². The second-order valence-electron chi connectivity index (χ2n) is 6.88. The van der Waals surface area contributed by atoms with Crippen LogP contribution in [0.25, 0.3) is 0 Å². The van der Waals surface area contributed by atoms with Gasteiger partial charge in [0.25, 0.3) is 0 Å². The second-order valence-corrected chi connectivity index (χ2v) is 6.88. The maximum absolute atomic E-state index is 12.1. The van der Waals surface area contributed by atoms with Crippen molar-refractivity contribution in [3.8, 4) is 0 Å². The molecule has 1 aliphatic rings. The number of urea groups is 1. The van der Waals surface area contributed by atoms with Gasteiger partial charge in [-0.15, -0.1) is 0 Å². The standard InChI is InChI=1S/C19H31N3O2/c1-14-11-15(2)18(16(3)12-14)21-19(24)20-8-4-5-9-22-10-6-7-17(22)13-23/h11-12,17,23H,4-10,13H2,1-3H3,(H2,20,21,24). The molecular weight excluding hydrogens is 302 g/mol. The molecule has 5 heteroatoms. The van der Waals surface area contributed by atoms with Crippen molar-refractivity contribution in [1.29, 1.82) is 0 Å². The molecular formula is C19H31N3O2. The molecule has 1 saturated heterocycles. The Kier molecular flexibility index (Phi) is 7.06. The van der Waals surface area contributed by atoms with Crippen molar-refractivity contribution >= 4 is 11.7 Å². The molecule has 1 unspecified atom stereocenters. The highest BCUT2D eigenvalue weighted by Gasteiger charge is 2.22. The molecule has 24 heavy (non-hydrogen) atoms. The van der Waals surface area contributed by atoms with Gasteiger partial charge in [0.2, 0.25) is 0 Å². The second kappa shape index (κ2) is 9.04. The summed E-state index contributed by atoms with van der Waals surface area (Å²) in [5.41, 5.74) is 4.29. The Balaban J connectivity index is 1.67. The monoisotopic (exact) mass is 333 g/mol. The van der Waals surface area contributed by atoms with E-state index in [1.165, 1.54) is 12.0 Å². The van der Waals surface area contributed by atoms with E-state index in [-0.39, 0.29) is 12.6 Å². The number of aryl methyl sites for hydroxylation is 3. The van der Waals surface area contributed by atoms with Crippen LogP contribution in [-0.2, 0) is 0 Å². The van der Waals surface area contributed by atoms with Crippen molar-refractivity contribution in [3.05, 3.63) is 28.8 Å². The molecule has 1 heterocycles. The SMILES string of the molecule is Cc1cc(C)c(NC(=O)NCCCCN2CCCC2CO)c(C)c1. The molecule has 1 fully saturated rings. The normalized spacial score (nSPS) is 17.9. The summed E-state index contributed by atoms with van der Waals surface area (Å²) in [4.78, 5) is 14.4. The lowest BCUT2D eigenvalue weighted by atomic mass is 10.1. The number of nitrogens with zero attached hydrogens (tertiary/aromatic N) is 1.